The van der Waals surface area contributed by atoms with Crippen molar-refractivity contribution in [2.24, 2.45) is 17.3 Å². The van der Waals surface area contributed by atoms with Crippen molar-refractivity contribution in [3.05, 3.63) is 29.3 Å². The van der Waals surface area contributed by atoms with E-state index in [0.29, 0.717) is 56.2 Å². The number of nitrogens with zero attached hydrogens (tertiary/aromatic N) is 1. The molecule has 0 amide bonds. The highest BCUT2D eigenvalue weighted by Gasteiger charge is 2.57. The van der Waals surface area contributed by atoms with E-state index in [-0.39, 0.29) is 5.41 Å². The van der Waals surface area contributed by atoms with E-state index in [4.69, 9.17) is 8.92 Å². The van der Waals surface area contributed by atoms with Gasteiger partial charge in [0.2, 0.25) is 0 Å². The molecule has 4 aliphatic rings. The van der Waals surface area contributed by atoms with Gasteiger partial charge in [-0.1, -0.05) is 13.0 Å². The third kappa shape index (κ3) is 3.28. The first kappa shape index (κ1) is 20.7. The lowest BCUT2D eigenvalue weighted by molar-refractivity contribution is -0.0505. The molecule has 3 fully saturated rings. The predicted molar refractivity (Wildman–Crippen MR) is 110 cm³/mol. The molecule has 6 atom stereocenters. The summed E-state index contributed by atoms with van der Waals surface area (Å²) in [4.78, 5) is 0. The van der Waals surface area contributed by atoms with E-state index in [1.54, 1.807) is 6.07 Å². The molecule has 0 bridgehead atoms. The largest absolute Gasteiger partial charge is 0.390 e. The van der Waals surface area contributed by atoms with E-state index in [2.05, 4.69) is 6.92 Å². The number of ether oxygens (including phenoxy) is 1. The van der Waals surface area contributed by atoms with Gasteiger partial charge in [-0.05, 0) is 78.5 Å². The van der Waals surface area contributed by atoms with Crippen LogP contribution in [0.1, 0.15) is 49.7 Å². The fourth-order valence-corrected chi connectivity index (χ4v) is 7.59. The van der Waals surface area contributed by atoms with Crippen LogP contribution in [0, 0.1) is 17.3 Å². The Morgan fingerprint density at radius 1 is 1.20 bits per heavy atom. The number of hydrogen-bond donors (Lipinski definition) is 2. The number of aryl methyl sites for hydroxylation is 1. The molecule has 5 rings (SSSR count). The van der Waals surface area contributed by atoms with Gasteiger partial charge >= 0.3 is 10.3 Å². The molecule has 1 aliphatic heterocycles. The number of hydrogen-bond acceptors (Lipinski definition) is 6. The van der Waals surface area contributed by atoms with Crippen LogP contribution in [-0.4, -0.2) is 61.4 Å². The van der Waals surface area contributed by atoms with Gasteiger partial charge < -0.3 is 19.1 Å². The van der Waals surface area contributed by atoms with E-state index >= 15 is 0 Å². The summed E-state index contributed by atoms with van der Waals surface area (Å²) < 4.78 is 37.1. The summed E-state index contributed by atoms with van der Waals surface area (Å²) in [5.41, 5.74) is 2.24. The lowest BCUT2D eigenvalue weighted by Gasteiger charge is -2.49. The predicted octanol–water partition coefficient (Wildman–Crippen LogP) is 1.83. The molecule has 8 heteroatoms. The van der Waals surface area contributed by atoms with Gasteiger partial charge in [0.1, 0.15) is 5.75 Å². The molecule has 1 aromatic carbocycles. The Morgan fingerprint density at radius 3 is 2.73 bits per heavy atom. The molecule has 166 valence electrons. The van der Waals surface area contributed by atoms with Gasteiger partial charge in [0.15, 0.2) is 0 Å². The minimum absolute atomic E-state index is 0.201. The lowest BCUT2D eigenvalue weighted by Crippen LogP contribution is -2.44. The molecule has 3 unspecified atom stereocenters. The molecule has 1 aromatic rings. The highest BCUT2D eigenvalue weighted by atomic mass is 32.2. The zero-order valence-electron chi connectivity index (χ0n) is 17.4. The molecule has 7 nitrogen and oxygen atoms in total. The van der Waals surface area contributed by atoms with E-state index in [1.807, 2.05) is 12.1 Å². The lowest BCUT2D eigenvalue weighted by atomic mass is 9.55. The second-order valence-electron chi connectivity index (χ2n) is 9.62. The second-order valence-corrected chi connectivity index (χ2v) is 11.2. The van der Waals surface area contributed by atoms with Crippen molar-refractivity contribution >= 4 is 10.3 Å². The monoisotopic (exact) mass is 437 g/mol. The van der Waals surface area contributed by atoms with E-state index in [1.165, 1.54) is 9.87 Å². The smallest absolute Gasteiger partial charge is 0.385 e. The second kappa shape index (κ2) is 7.45. The van der Waals surface area contributed by atoms with Gasteiger partial charge in [0.25, 0.3) is 0 Å². The Bertz CT molecular complexity index is 914. The summed E-state index contributed by atoms with van der Waals surface area (Å²) in [5, 5.41) is 20.9. The molecule has 0 spiro atoms. The number of benzene rings is 1. The van der Waals surface area contributed by atoms with Crippen LogP contribution in [0.15, 0.2) is 18.2 Å². The minimum atomic E-state index is -3.82. The fraction of sp³-hybridized carbons (Fsp3) is 0.727. The summed E-state index contributed by atoms with van der Waals surface area (Å²) in [6.45, 7) is 3.54. The zero-order chi connectivity index (χ0) is 21.1. The fourth-order valence-electron chi connectivity index (χ4n) is 6.54. The number of aliphatic hydroxyl groups is 2. The molecule has 30 heavy (non-hydrogen) atoms. The molecular weight excluding hydrogens is 406 g/mol. The standard InChI is InChI=1S/C22H31NO6S/c1-22-7-6-17-16-5-3-15(29-30(26,27)23-8-10-28-11-9-23)12-14(16)2-4-18(17)19(22)13-20(24)21(22)25/h3,5,12,17-21,24-25H,2,4,6-11,13H2,1H3/t17?,18?,19?,20-,21+,22+/m1/s1. The first-order chi connectivity index (χ1) is 14.3. The molecule has 1 saturated heterocycles. The summed E-state index contributed by atoms with van der Waals surface area (Å²) in [7, 11) is -3.82. The van der Waals surface area contributed by atoms with Crippen molar-refractivity contribution in [1.29, 1.82) is 0 Å². The van der Waals surface area contributed by atoms with E-state index in [0.717, 1.165) is 31.2 Å². The Labute approximate surface area is 178 Å². The first-order valence-corrected chi connectivity index (χ1v) is 12.4. The number of rotatable bonds is 3. The van der Waals surface area contributed by atoms with Crippen molar-refractivity contribution < 1.29 is 27.6 Å². The number of aliphatic hydroxyl groups excluding tert-OH is 2. The number of fused-ring (bicyclic) bond motifs is 5. The van der Waals surface area contributed by atoms with E-state index < -0.39 is 22.5 Å². The van der Waals surface area contributed by atoms with Crippen LogP contribution in [0.25, 0.3) is 0 Å². The molecule has 0 aromatic heterocycles. The minimum Gasteiger partial charge on any atom is -0.390 e. The van der Waals surface area contributed by atoms with Gasteiger partial charge in [-0.2, -0.15) is 12.7 Å². The van der Waals surface area contributed by atoms with Crippen molar-refractivity contribution in [3.8, 4) is 5.75 Å². The Kier molecular flexibility index (Phi) is 5.14. The number of morpholine rings is 1. The summed E-state index contributed by atoms with van der Waals surface area (Å²) in [5.74, 6) is 1.54. The maximum atomic E-state index is 12.6. The van der Waals surface area contributed by atoms with Crippen LogP contribution in [0.2, 0.25) is 0 Å². The molecule has 2 N–H and O–H groups in total. The van der Waals surface area contributed by atoms with Crippen molar-refractivity contribution in [2.45, 2.75) is 57.2 Å². The molecule has 3 aliphatic carbocycles. The highest BCUT2D eigenvalue weighted by molar-refractivity contribution is 7.84. The maximum absolute atomic E-state index is 12.6. The Hall–Kier alpha value is -1.19. The van der Waals surface area contributed by atoms with E-state index in [9.17, 15) is 18.6 Å². The average molecular weight is 438 g/mol. The van der Waals surface area contributed by atoms with Crippen LogP contribution in [0.4, 0.5) is 0 Å². The Morgan fingerprint density at radius 2 is 1.97 bits per heavy atom. The zero-order valence-corrected chi connectivity index (χ0v) is 18.2. The molecule has 0 radical (unpaired) electrons. The van der Waals surface area contributed by atoms with Gasteiger partial charge in [-0.25, -0.2) is 0 Å². The third-order valence-electron chi connectivity index (χ3n) is 8.16. The summed E-state index contributed by atoms with van der Waals surface area (Å²) in [6.07, 6.45) is 3.17. The van der Waals surface area contributed by atoms with Crippen LogP contribution in [0.5, 0.6) is 5.75 Å². The van der Waals surface area contributed by atoms with Gasteiger partial charge in [-0.15, -0.1) is 0 Å². The highest BCUT2D eigenvalue weighted by Crippen LogP contribution is 2.60. The van der Waals surface area contributed by atoms with Gasteiger partial charge in [-0.3, -0.25) is 0 Å². The molecule has 1 heterocycles. The quantitative estimate of drug-likeness (QED) is 0.749. The van der Waals surface area contributed by atoms with Crippen LogP contribution in [0.3, 0.4) is 0 Å². The maximum Gasteiger partial charge on any atom is 0.385 e. The summed E-state index contributed by atoms with van der Waals surface area (Å²) >= 11 is 0. The normalized spacial score (nSPS) is 39.1. The van der Waals surface area contributed by atoms with Gasteiger partial charge in [0, 0.05) is 13.1 Å². The van der Waals surface area contributed by atoms with Crippen molar-refractivity contribution in [2.75, 3.05) is 26.3 Å². The SMILES string of the molecule is C[C@]12CCC3c4ccc(OS(=O)(=O)N5CCOCC5)cc4CCC3C1C[C@@H](O)[C@@H]2O. The molecule has 2 saturated carbocycles. The first-order valence-electron chi connectivity index (χ1n) is 11.1. The molecular formula is C22H31NO6S. The topological polar surface area (TPSA) is 96.3 Å². The Balaban J connectivity index is 1.36. The van der Waals surface area contributed by atoms with Crippen LogP contribution < -0.4 is 4.18 Å². The van der Waals surface area contributed by atoms with Gasteiger partial charge in [0.05, 0.1) is 25.4 Å². The third-order valence-corrected chi connectivity index (χ3v) is 9.56. The van der Waals surface area contributed by atoms with Crippen molar-refractivity contribution in [3.63, 3.8) is 0 Å². The average Bonchev–Trinajstić information content (AvgIpc) is 2.97. The van der Waals surface area contributed by atoms with Crippen molar-refractivity contribution in [1.82, 2.24) is 4.31 Å². The van der Waals surface area contributed by atoms with Crippen LogP contribution in [-0.2, 0) is 21.5 Å². The summed E-state index contributed by atoms with van der Waals surface area (Å²) in [6, 6.07) is 5.68. The van der Waals surface area contributed by atoms with Crippen LogP contribution >= 0.6 is 0 Å².